The highest BCUT2D eigenvalue weighted by atomic mass is 16.5. The Morgan fingerprint density at radius 1 is 1.17 bits per heavy atom. The molecule has 0 atom stereocenters. The van der Waals surface area contributed by atoms with Gasteiger partial charge in [0.2, 0.25) is 5.75 Å². The van der Waals surface area contributed by atoms with Crippen LogP contribution in [0.5, 0.6) is 17.2 Å². The van der Waals surface area contributed by atoms with E-state index in [0.29, 0.717) is 18.0 Å². The van der Waals surface area contributed by atoms with Gasteiger partial charge in [-0.1, -0.05) is 6.92 Å². The maximum absolute atomic E-state index is 9.82. The Morgan fingerprint density at radius 2 is 1.67 bits per heavy atom. The van der Waals surface area contributed by atoms with Crippen molar-refractivity contribution >= 4 is 0 Å². The molecule has 0 spiro atoms. The zero-order chi connectivity index (χ0) is 13.8. The molecule has 4 heteroatoms. The summed E-state index contributed by atoms with van der Waals surface area (Å²) >= 11 is 0. The summed E-state index contributed by atoms with van der Waals surface area (Å²) in [5, 5.41) is 13.3. The number of methoxy groups -OCH3 is 2. The second kappa shape index (κ2) is 5.96. The molecule has 0 fully saturated rings. The second-order valence-corrected chi connectivity index (χ2v) is 4.94. The SMILES string of the molecule is CCC(C)(C)NCc1cc(OC)c(O)c(OC)c1. The highest BCUT2D eigenvalue weighted by molar-refractivity contribution is 5.52. The Morgan fingerprint density at radius 3 is 2.06 bits per heavy atom. The van der Waals surface area contributed by atoms with E-state index in [-0.39, 0.29) is 11.3 Å². The number of nitrogens with one attached hydrogen (secondary N) is 1. The third kappa shape index (κ3) is 3.53. The van der Waals surface area contributed by atoms with E-state index >= 15 is 0 Å². The standard InChI is InChI=1S/C14H23NO3/c1-6-14(2,3)15-9-10-7-11(17-4)13(16)12(8-10)18-5/h7-8,15-16H,6,9H2,1-5H3. The molecule has 1 rings (SSSR count). The first-order valence-corrected chi connectivity index (χ1v) is 6.12. The molecule has 0 aliphatic carbocycles. The summed E-state index contributed by atoms with van der Waals surface area (Å²) in [4.78, 5) is 0. The lowest BCUT2D eigenvalue weighted by molar-refractivity contribution is 0.337. The van der Waals surface area contributed by atoms with Gasteiger partial charge < -0.3 is 19.9 Å². The van der Waals surface area contributed by atoms with Crippen LogP contribution in [0.4, 0.5) is 0 Å². The lowest BCUT2D eigenvalue weighted by atomic mass is 10.0. The fraction of sp³-hybridized carbons (Fsp3) is 0.571. The van der Waals surface area contributed by atoms with Gasteiger partial charge in [0.05, 0.1) is 14.2 Å². The van der Waals surface area contributed by atoms with E-state index in [9.17, 15) is 5.11 Å². The van der Waals surface area contributed by atoms with Crippen LogP contribution in [-0.2, 0) is 6.54 Å². The number of phenolic OH excluding ortho intramolecular Hbond substituents is 1. The number of aromatic hydroxyl groups is 1. The van der Waals surface area contributed by atoms with Crippen molar-refractivity contribution in [3.63, 3.8) is 0 Å². The first-order chi connectivity index (χ1) is 8.43. The van der Waals surface area contributed by atoms with E-state index in [1.165, 1.54) is 14.2 Å². The van der Waals surface area contributed by atoms with Crippen molar-refractivity contribution in [1.82, 2.24) is 5.32 Å². The van der Waals surface area contributed by atoms with Gasteiger partial charge in [-0.05, 0) is 38.0 Å². The van der Waals surface area contributed by atoms with Crippen molar-refractivity contribution in [3.05, 3.63) is 17.7 Å². The Bertz CT molecular complexity index is 377. The van der Waals surface area contributed by atoms with Gasteiger partial charge in [-0.25, -0.2) is 0 Å². The second-order valence-electron chi connectivity index (χ2n) is 4.94. The number of benzene rings is 1. The van der Waals surface area contributed by atoms with Crippen LogP contribution in [0.25, 0.3) is 0 Å². The van der Waals surface area contributed by atoms with Gasteiger partial charge in [0, 0.05) is 12.1 Å². The molecule has 1 aromatic rings. The lowest BCUT2D eigenvalue weighted by Gasteiger charge is -2.25. The summed E-state index contributed by atoms with van der Waals surface area (Å²) in [6, 6.07) is 3.63. The molecule has 0 unspecified atom stereocenters. The lowest BCUT2D eigenvalue weighted by Crippen LogP contribution is -2.37. The average molecular weight is 253 g/mol. The van der Waals surface area contributed by atoms with Crippen LogP contribution in [0, 0.1) is 0 Å². The fourth-order valence-corrected chi connectivity index (χ4v) is 1.52. The van der Waals surface area contributed by atoms with E-state index in [1.807, 2.05) is 12.1 Å². The molecular weight excluding hydrogens is 230 g/mol. The van der Waals surface area contributed by atoms with E-state index in [2.05, 4.69) is 26.1 Å². The van der Waals surface area contributed by atoms with Gasteiger partial charge in [-0.3, -0.25) is 0 Å². The van der Waals surface area contributed by atoms with Crippen molar-refractivity contribution in [2.45, 2.75) is 39.3 Å². The largest absolute Gasteiger partial charge is 0.502 e. The molecule has 0 aliphatic heterocycles. The quantitative estimate of drug-likeness (QED) is 0.818. The van der Waals surface area contributed by atoms with Gasteiger partial charge >= 0.3 is 0 Å². The number of ether oxygens (including phenoxy) is 2. The predicted molar refractivity (Wildman–Crippen MR) is 72.4 cm³/mol. The highest BCUT2D eigenvalue weighted by Gasteiger charge is 2.15. The van der Waals surface area contributed by atoms with Crippen LogP contribution in [0.2, 0.25) is 0 Å². The zero-order valence-corrected chi connectivity index (χ0v) is 11.8. The molecule has 102 valence electrons. The molecule has 0 saturated carbocycles. The Kier molecular flexibility index (Phi) is 4.84. The maximum atomic E-state index is 9.82. The summed E-state index contributed by atoms with van der Waals surface area (Å²) in [6.07, 6.45) is 1.04. The first kappa shape index (κ1) is 14.6. The summed E-state index contributed by atoms with van der Waals surface area (Å²) in [7, 11) is 3.06. The normalized spacial score (nSPS) is 11.4. The molecule has 0 radical (unpaired) electrons. The molecule has 0 heterocycles. The highest BCUT2D eigenvalue weighted by Crippen LogP contribution is 2.37. The van der Waals surface area contributed by atoms with Gasteiger partial charge in [0.15, 0.2) is 11.5 Å². The summed E-state index contributed by atoms with van der Waals surface area (Å²) in [5.74, 6) is 0.902. The van der Waals surface area contributed by atoms with Crippen LogP contribution in [0.15, 0.2) is 12.1 Å². The zero-order valence-electron chi connectivity index (χ0n) is 11.8. The average Bonchev–Trinajstić information content (AvgIpc) is 2.37. The van der Waals surface area contributed by atoms with Crippen LogP contribution >= 0.6 is 0 Å². The molecule has 0 bridgehead atoms. The minimum atomic E-state index is 0.0403. The molecule has 4 nitrogen and oxygen atoms in total. The minimum absolute atomic E-state index is 0.0403. The monoisotopic (exact) mass is 253 g/mol. The fourth-order valence-electron chi connectivity index (χ4n) is 1.52. The number of rotatable bonds is 6. The van der Waals surface area contributed by atoms with E-state index < -0.39 is 0 Å². The van der Waals surface area contributed by atoms with Gasteiger partial charge in [0.25, 0.3) is 0 Å². The molecule has 0 aromatic heterocycles. The van der Waals surface area contributed by atoms with Crippen LogP contribution in [-0.4, -0.2) is 24.9 Å². The molecule has 2 N–H and O–H groups in total. The molecular formula is C14H23NO3. The molecule has 0 saturated heterocycles. The first-order valence-electron chi connectivity index (χ1n) is 6.12. The minimum Gasteiger partial charge on any atom is -0.502 e. The van der Waals surface area contributed by atoms with Gasteiger partial charge in [-0.15, -0.1) is 0 Å². The third-order valence-electron chi connectivity index (χ3n) is 3.19. The molecule has 18 heavy (non-hydrogen) atoms. The van der Waals surface area contributed by atoms with E-state index in [0.717, 1.165) is 12.0 Å². The molecule has 0 aliphatic rings. The maximum Gasteiger partial charge on any atom is 0.200 e. The van der Waals surface area contributed by atoms with Crippen LogP contribution < -0.4 is 14.8 Å². The smallest absolute Gasteiger partial charge is 0.200 e. The topological polar surface area (TPSA) is 50.7 Å². The van der Waals surface area contributed by atoms with Crippen molar-refractivity contribution in [2.75, 3.05) is 14.2 Å². The van der Waals surface area contributed by atoms with Gasteiger partial charge in [-0.2, -0.15) is 0 Å². The van der Waals surface area contributed by atoms with Gasteiger partial charge in [0.1, 0.15) is 0 Å². The summed E-state index contributed by atoms with van der Waals surface area (Å²) < 4.78 is 10.3. The van der Waals surface area contributed by atoms with Crippen molar-refractivity contribution in [2.24, 2.45) is 0 Å². The van der Waals surface area contributed by atoms with Crippen LogP contribution in [0.3, 0.4) is 0 Å². The Hall–Kier alpha value is -1.42. The molecule has 0 amide bonds. The number of hydrogen-bond acceptors (Lipinski definition) is 4. The van der Waals surface area contributed by atoms with Crippen LogP contribution in [0.1, 0.15) is 32.8 Å². The Labute approximate surface area is 109 Å². The Balaban J connectivity index is 2.90. The van der Waals surface area contributed by atoms with E-state index in [4.69, 9.17) is 9.47 Å². The predicted octanol–water partition coefficient (Wildman–Crippen LogP) is 2.69. The van der Waals surface area contributed by atoms with E-state index in [1.54, 1.807) is 0 Å². The summed E-state index contributed by atoms with van der Waals surface area (Å²) in [5.41, 5.74) is 1.10. The summed E-state index contributed by atoms with van der Waals surface area (Å²) in [6.45, 7) is 7.16. The third-order valence-corrected chi connectivity index (χ3v) is 3.19. The number of hydrogen-bond donors (Lipinski definition) is 2. The number of phenols is 1. The van der Waals surface area contributed by atoms with Crippen molar-refractivity contribution in [1.29, 1.82) is 0 Å². The van der Waals surface area contributed by atoms with Crippen molar-refractivity contribution < 1.29 is 14.6 Å². The molecule has 1 aromatic carbocycles. The van der Waals surface area contributed by atoms with Crippen molar-refractivity contribution in [3.8, 4) is 17.2 Å².